The molecule has 4 heteroatoms. The minimum absolute atomic E-state index is 0.472. The van der Waals surface area contributed by atoms with Gasteiger partial charge in [-0.05, 0) is 24.7 Å². The average molecular weight is 254 g/mol. The van der Waals surface area contributed by atoms with Crippen LogP contribution >= 0.6 is 11.3 Å². The molecule has 0 amide bonds. The Morgan fingerprint density at radius 2 is 2.29 bits per heavy atom. The van der Waals surface area contributed by atoms with Gasteiger partial charge in [-0.2, -0.15) is 0 Å². The predicted octanol–water partition coefficient (Wildman–Crippen LogP) is 2.48. The number of nitrogens with one attached hydrogen (secondary N) is 1. The number of aromatic nitrogens is 1. The van der Waals surface area contributed by atoms with Crippen molar-refractivity contribution in [3.05, 3.63) is 16.6 Å². The first-order valence-electron chi connectivity index (χ1n) is 6.42. The fraction of sp³-hybridized carbons (Fsp3) is 0.769. The van der Waals surface area contributed by atoms with Gasteiger partial charge < -0.3 is 10.1 Å². The lowest BCUT2D eigenvalue weighted by molar-refractivity contribution is 0.190. The highest BCUT2D eigenvalue weighted by Gasteiger charge is 2.33. The fourth-order valence-corrected chi connectivity index (χ4v) is 3.54. The van der Waals surface area contributed by atoms with Gasteiger partial charge in [0.25, 0.3) is 0 Å². The maximum Gasteiger partial charge on any atom is 0.0794 e. The molecular formula is C13H22N2OS. The van der Waals surface area contributed by atoms with E-state index in [9.17, 15) is 0 Å². The Labute approximate surface area is 108 Å². The van der Waals surface area contributed by atoms with E-state index in [0.29, 0.717) is 5.41 Å². The first-order chi connectivity index (χ1) is 8.35. The van der Waals surface area contributed by atoms with Crippen LogP contribution in [0.4, 0.5) is 0 Å². The Balaban J connectivity index is 1.86. The second kappa shape index (κ2) is 6.47. The van der Waals surface area contributed by atoms with Crippen LogP contribution in [-0.4, -0.2) is 31.8 Å². The third-order valence-electron chi connectivity index (χ3n) is 3.68. The van der Waals surface area contributed by atoms with Gasteiger partial charge in [0, 0.05) is 31.3 Å². The molecule has 1 aliphatic rings. The molecule has 1 aliphatic carbocycles. The summed E-state index contributed by atoms with van der Waals surface area (Å²) in [6.45, 7) is 2.88. The first kappa shape index (κ1) is 13.0. The van der Waals surface area contributed by atoms with Gasteiger partial charge >= 0.3 is 0 Å². The average Bonchev–Trinajstić information content (AvgIpc) is 2.98. The molecule has 2 rings (SSSR count). The van der Waals surface area contributed by atoms with Crippen LogP contribution in [0.3, 0.4) is 0 Å². The van der Waals surface area contributed by atoms with Crippen LogP contribution in [0, 0.1) is 5.41 Å². The molecule has 17 heavy (non-hydrogen) atoms. The third-order valence-corrected chi connectivity index (χ3v) is 4.46. The van der Waals surface area contributed by atoms with E-state index in [1.165, 1.54) is 37.0 Å². The molecule has 1 aromatic heterocycles. The molecule has 0 aliphatic heterocycles. The minimum atomic E-state index is 0.472. The molecular weight excluding hydrogens is 232 g/mol. The van der Waals surface area contributed by atoms with E-state index < -0.39 is 0 Å². The number of methoxy groups -OCH3 is 1. The second-order valence-corrected chi connectivity index (χ2v) is 5.99. The standard InChI is InChI=1S/C13H22N2OS/c1-16-7-6-14-10-13(4-2-3-5-13)8-12-9-15-11-17-12/h9,11,14H,2-8,10H2,1H3. The highest BCUT2D eigenvalue weighted by molar-refractivity contribution is 7.09. The molecule has 96 valence electrons. The van der Waals surface area contributed by atoms with Crippen molar-refractivity contribution in [2.75, 3.05) is 26.8 Å². The number of ether oxygens (including phenoxy) is 1. The van der Waals surface area contributed by atoms with Gasteiger partial charge in [-0.1, -0.05) is 12.8 Å². The third kappa shape index (κ3) is 3.76. The van der Waals surface area contributed by atoms with E-state index in [2.05, 4.69) is 10.3 Å². The van der Waals surface area contributed by atoms with Crippen LogP contribution < -0.4 is 5.32 Å². The number of thiazole rings is 1. The zero-order valence-corrected chi connectivity index (χ0v) is 11.4. The summed E-state index contributed by atoms with van der Waals surface area (Å²) < 4.78 is 5.07. The predicted molar refractivity (Wildman–Crippen MR) is 71.5 cm³/mol. The Kier molecular flexibility index (Phi) is 4.95. The summed E-state index contributed by atoms with van der Waals surface area (Å²) in [4.78, 5) is 5.61. The minimum Gasteiger partial charge on any atom is -0.383 e. The molecule has 0 spiro atoms. The van der Waals surface area contributed by atoms with Crippen LogP contribution in [0.5, 0.6) is 0 Å². The Bertz CT molecular complexity index is 307. The second-order valence-electron chi connectivity index (χ2n) is 5.02. The summed E-state index contributed by atoms with van der Waals surface area (Å²) in [5, 5.41) is 3.54. The molecule has 0 unspecified atom stereocenters. The maximum atomic E-state index is 5.07. The van der Waals surface area contributed by atoms with E-state index in [0.717, 1.165) is 19.7 Å². The van der Waals surface area contributed by atoms with Gasteiger partial charge in [0.05, 0.1) is 12.1 Å². The van der Waals surface area contributed by atoms with Crippen molar-refractivity contribution in [1.82, 2.24) is 10.3 Å². The van der Waals surface area contributed by atoms with Crippen LogP contribution in [0.1, 0.15) is 30.6 Å². The monoisotopic (exact) mass is 254 g/mol. The van der Waals surface area contributed by atoms with E-state index >= 15 is 0 Å². The van der Waals surface area contributed by atoms with Gasteiger partial charge in [0.2, 0.25) is 0 Å². The molecule has 1 saturated carbocycles. The number of hydrogen-bond acceptors (Lipinski definition) is 4. The maximum absolute atomic E-state index is 5.07. The lowest BCUT2D eigenvalue weighted by Crippen LogP contribution is -2.35. The van der Waals surface area contributed by atoms with E-state index in [1.807, 2.05) is 11.7 Å². The Hall–Kier alpha value is -0.450. The largest absolute Gasteiger partial charge is 0.383 e. The first-order valence-corrected chi connectivity index (χ1v) is 7.30. The zero-order valence-electron chi connectivity index (χ0n) is 10.6. The van der Waals surface area contributed by atoms with Crippen LogP contribution in [0.2, 0.25) is 0 Å². The number of hydrogen-bond donors (Lipinski definition) is 1. The van der Waals surface area contributed by atoms with Gasteiger partial charge in [-0.3, -0.25) is 4.98 Å². The summed E-state index contributed by atoms with van der Waals surface area (Å²) in [7, 11) is 1.75. The van der Waals surface area contributed by atoms with Crippen LogP contribution in [-0.2, 0) is 11.2 Å². The molecule has 3 nitrogen and oxygen atoms in total. The Morgan fingerprint density at radius 3 is 2.94 bits per heavy atom. The molecule has 0 bridgehead atoms. The SMILES string of the molecule is COCCNCC1(Cc2cncs2)CCCC1. The lowest BCUT2D eigenvalue weighted by Gasteiger charge is -2.28. The van der Waals surface area contributed by atoms with Gasteiger partial charge in [0.1, 0.15) is 0 Å². The molecule has 1 aromatic rings. The molecule has 0 saturated heterocycles. The summed E-state index contributed by atoms with van der Waals surface area (Å²) in [5.41, 5.74) is 2.41. The van der Waals surface area contributed by atoms with Crippen molar-refractivity contribution in [1.29, 1.82) is 0 Å². The van der Waals surface area contributed by atoms with Gasteiger partial charge in [-0.15, -0.1) is 11.3 Å². The smallest absolute Gasteiger partial charge is 0.0794 e. The number of rotatable bonds is 7. The van der Waals surface area contributed by atoms with Crippen molar-refractivity contribution < 1.29 is 4.74 Å². The fourth-order valence-electron chi connectivity index (χ4n) is 2.77. The van der Waals surface area contributed by atoms with Crippen molar-refractivity contribution in [3.63, 3.8) is 0 Å². The van der Waals surface area contributed by atoms with Crippen molar-refractivity contribution >= 4 is 11.3 Å². The molecule has 1 heterocycles. The highest BCUT2D eigenvalue weighted by atomic mass is 32.1. The molecule has 1 N–H and O–H groups in total. The Morgan fingerprint density at radius 1 is 1.47 bits per heavy atom. The van der Waals surface area contributed by atoms with E-state index in [4.69, 9.17) is 4.74 Å². The summed E-state index contributed by atoms with van der Waals surface area (Å²) in [5.74, 6) is 0. The lowest BCUT2D eigenvalue weighted by atomic mass is 9.82. The quantitative estimate of drug-likeness (QED) is 0.759. The summed E-state index contributed by atoms with van der Waals surface area (Å²) in [6, 6.07) is 0. The van der Waals surface area contributed by atoms with Gasteiger partial charge in [-0.25, -0.2) is 0 Å². The van der Waals surface area contributed by atoms with Crippen molar-refractivity contribution in [2.45, 2.75) is 32.1 Å². The summed E-state index contributed by atoms with van der Waals surface area (Å²) >= 11 is 1.79. The highest BCUT2D eigenvalue weighted by Crippen LogP contribution is 2.40. The number of nitrogens with zero attached hydrogens (tertiary/aromatic N) is 1. The van der Waals surface area contributed by atoms with Crippen LogP contribution in [0.25, 0.3) is 0 Å². The van der Waals surface area contributed by atoms with Gasteiger partial charge in [0.15, 0.2) is 0 Å². The molecule has 1 fully saturated rings. The topological polar surface area (TPSA) is 34.1 Å². The zero-order chi connectivity index (χ0) is 12.0. The van der Waals surface area contributed by atoms with Crippen molar-refractivity contribution in [3.8, 4) is 0 Å². The molecule has 0 radical (unpaired) electrons. The normalized spacial score (nSPS) is 18.6. The van der Waals surface area contributed by atoms with E-state index in [-0.39, 0.29) is 0 Å². The molecule has 0 aromatic carbocycles. The molecule has 0 atom stereocenters. The summed E-state index contributed by atoms with van der Waals surface area (Å²) in [6.07, 6.45) is 8.68. The van der Waals surface area contributed by atoms with Crippen molar-refractivity contribution in [2.24, 2.45) is 5.41 Å². The van der Waals surface area contributed by atoms with E-state index in [1.54, 1.807) is 18.4 Å². The van der Waals surface area contributed by atoms with Crippen LogP contribution in [0.15, 0.2) is 11.7 Å².